The highest BCUT2D eigenvalue weighted by molar-refractivity contribution is 7.18. The fraction of sp³-hybridized carbons (Fsp3) is 0.458. The molecule has 2 bridgehead atoms. The third kappa shape index (κ3) is 5.15. The lowest BCUT2D eigenvalue weighted by molar-refractivity contribution is -0.148. The van der Waals surface area contributed by atoms with E-state index in [1.54, 1.807) is 13.0 Å². The second-order valence-electron chi connectivity index (χ2n) is 8.29. The molecule has 1 heterocycles. The molecule has 164 valence electrons. The van der Waals surface area contributed by atoms with E-state index in [1.807, 2.05) is 30.3 Å². The van der Waals surface area contributed by atoms with Crippen molar-refractivity contribution in [3.63, 3.8) is 0 Å². The van der Waals surface area contributed by atoms with Crippen LogP contribution in [0.3, 0.4) is 0 Å². The van der Waals surface area contributed by atoms with Gasteiger partial charge in [-0.05, 0) is 55.6 Å². The molecule has 3 atom stereocenters. The van der Waals surface area contributed by atoms with Gasteiger partial charge in [-0.3, -0.25) is 9.59 Å². The van der Waals surface area contributed by atoms with Gasteiger partial charge in [0.1, 0.15) is 4.88 Å². The molecule has 0 saturated heterocycles. The summed E-state index contributed by atoms with van der Waals surface area (Å²) in [6.45, 7) is 1.61. The minimum Gasteiger partial charge on any atom is -0.462 e. The third-order valence-corrected chi connectivity index (χ3v) is 7.37. The number of anilines is 1. The monoisotopic (exact) mass is 441 g/mol. The summed E-state index contributed by atoms with van der Waals surface area (Å²) in [5.41, 5.74) is 1.31. The summed E-state index contributed by atoms with van der Waals surface area (Å²) >= 11 is 1.26. The van der Waals surface area contributed by atoms with Gasteiger partial charge in [-0.2, -0.15) is 0 Å². The van der Waals surface area contributed by atoms with Crippen LogP contribution in [-0.4, -0.2) is 31.1 Å². The van der Waals surface area contributed by atoms with Gasteiger partial charge in [0.15, 0.2) is 6.61 Å². The summed E-state index contributed by atoms with van der Waals surface area (Å²) in [5.74, 6) is 0.525. The number of hydrogen-bond acceptors (Lipinski definition) is 6. The molecule has 4 rings (SSSR count). The van der Waals surface area contributed by atoms with Gasteiger partial charge in [-0.25, -0.2) is 4.79 Å². The number of carbonyl (C=O) groups is 3. The Balaban J connectivity index is 1.36. The average Bonchev–Trinajstić information content (AvgIpc) is 3.49. The molecule has 0 unspecified atom stereocenters. The van der Waals surface area contributed by atoms with E-state index in [2.05, 4.69) is 5.32 Å². The lowest BCUT2D eigenvalue weighted by Crippen LogP contribution is -2.23. The van der Waals surface area contributed by atoms with Gasteiger partial charge < -0.3 is 14.8 Å². The molecule has 2 aromatic rings. The van der Waals surface area contributed by atoms with Crippen molar-refractivity contribution in [3.05, 3.63) is 41.3 Å². The number of rotatable bonds is 8. The van der Waals surface area contributed by atoms with Gasteiger partial charge in [0, 0.05) is 11.3 Å². The largest absolute Gasteiger partial charge is 0.462 e. The van der Waals surface area contributed by atoms with Crippen LogP contribution in [0.25, 0.3) is 10.4 Å². The molecule has 2 aliphatic rings. The molecular formula is C24H27NO5S. The molecule has 7 heteroatoms. The molecular weight excluding hydrogens is 414 g/mol. The van der Waals surface area contributed by atoms with Crippen molar-refractivity contribution in [1.82, 2.24) is 0 Å². The Hall–Kier alpha value is -2.67. The van der Waals surface area contributed by atoms with Crippen LogP contribution in [0.4, 0.5) is 5.69 Å². The zero-order valence-corrected chi connectivity index (χ0v) is 18.4. The second kappa shape index (κ2) is 9.64. The van der Waals surface area contributed by atoms with Crippen LogP contribution in [0.5, 0.6) is 0 Å². The van der Waals surface area contributed by atoms with E-state index in [1.165, 1.54) is 30.6 Å². The number of amides is 1. The normalized spacial score (nSPS) is 21.6. The molecule has 1 aromatic carbocycles. The van der Waals surface area contributed by atoms with Gasteiger partial charge in [-0.1, -0.05) is 36.8 Å². The lowest BCUT2D eigenvalue weighted by atomic mass is 9.86. The fourth-order valence-corrected chi connectivity index (χ4v) is 5.82. The van der Waals surface area contributed by atoms with Gasteiger partial charge in [0.05, 0.1) is 12.3 Å². The van der Waals surface area contributed by atoms with E-state index in [0.717, 1.165) is 22.8 Å². The molecule has 2 aliphatic carbocycles. The number of esters is 2. The first-order chi connectivity index (χ1) is 15.0. The molecule has 0 aliphatic heterocycles. The number of fused-ring (bicyclic) bond motifs is 2. The SMILES string of the molecule is CCOC(=O)c1sc(-c2ccccc2)cc1NC(=O)COC(=O)C[C@H]1C[C@H]2CC[C@@H]1C2. The second-order valence-corrected chi connectivity index (χ2v) is 9.34. The van der Waals surface area contributed by atoms with E-state index in [9.17, 15) is 14.4 Å². The molecule has 1 N–H and O–H groups in total. The molecule has 2 fully saturated rings. The van der Waals surface area contributed by atoms with Crippen molar-refractivity contribution in [2.24, 2.45) is 17.8 Å². The maximum atomic E-state index is 12.4. The zero-order chi connectivity index (χ0) is 21.8. The van der Waals surface area contributed by atoms with Crippen molar-refractivity contribution in [1.29, 1.82) is 0 Å². The molecule has 1 amide bonds. The van der Waals surface area contributed by atoms with Crippen LogP contribution < -0.4 is 5.32 Å². The molecule has 2 saturated carbocycles. The zero-order valence-electron chi connectivity index (χ0n) is 17.6. The number of hydrogen-bond donors (Lipinski definition) is 1. The number of carbonyl (C=O) groups excluding carboxylic acids is 3. The van der Waals surface area contributed by atoms with E-state index < -0.39 is 11.9 Å². The summed E-state index contributed by atoms with van der Waals surface area (Å²) in [7, 11) is 0. The first kappa shape index (κ1) is 21.6. The molecule has 1 aromatic heterocycles. The lowest BCUT2D eigenvalue weighted by Gasteiger charge is -2.20. The van der Waals surface area contributed by atoms with Crippen molar-refractivity contribution in [3.8, 4) is 10.4 Å². The van der Waals surface area contributed by atoms with Crippen molar-refractivity contribution >= 4 is 34.9 Å². The molecule has 0 radical (unpaired) electrons. The summed E-state index contributed by atoms with van der Waals surface area (Å²) in [6, 6.07) is 11.4. The summed E-state index contributed by atoms with van der Waals surface area (Å²) in [5, 5.41) is 2.71. The van der Waals surface area contributed by atoms with Gasteiger partial charge >= 0.3 is 11.9 Å². The Morgan fingerprint density at radius 1 is 1.10 bits per heavy atom. The summed E-state index contributed by atoms with van der Waals surface area (Å²) in [4.78, 5) is 38.2. The Morgan fingerprint density at radius 2 is 1.90 bits per heavy atom. The van der Waals surface area contributed by atoms with Crippen LogP contribution in [0.1, 0.15) is 48.7 Å². The molecule has 31 heavy (non-hydrogen) atoms. The molecule has 6 nitrogen and oxygen atoms in total. The van der Waals surface area contributed by atoms with Crippen molar-refractivity contribution in [2.75, 3.05) is 18.5 Å². The van der Waals surface area contributed by atoms with Crippen LogP contribution in [0.2, 0.25) is 0 Å². The summed E-state index contributed by atoms with van der Waals surface area (Å²) in [6.07, 6.45) is 5.22. The molecule has 0 spiro atoms. The first-order valence-corrected chi connectivity index (χ1v) is 11.7. The van der Waals surface area contributed by atoms with E-state index >= 15 is 0 Å². The van der Waals surface area contributed by atoms with Gasteiger partial charge in [-0.15, -0.1) is 11.3 Å². The highest BCUT2D eigenvalue weighted by atomic mass is 32.1. The van der Waals surface area contributed by atoms with Gasteiger partial charge in [0.25, 0.3) is 5.91 Å². The van der Waals surface area contributed by atoms with E-state index in [0.29, 0.717) is 28.8 Å². The minimum atomic E-state index is -0.488. The first-order valence-electron chi connectivity index (χ1n) is 10.8. The maximum Gasteiger partial charge on any atom is 0.350 e. The Kier molecular flexibility index (Phi) is 6.70. The predicted molar refractivity (Wildman–Crippen MR) is 119 cm³/mol. The van der Waals surface area contributed by atoms with Crippen LogP contribution in [-0.2, 0) is 19.1 Å². The minimum absolute atomic E-state index is 0.241. The highest BCUT2D eigenvalue weighted by Gasteiger charge is 2.40. The Bertz CT molecular complexity index is 954. The van der Waals surface area contributed by atoms with E-state index in [-0.39, 0.29) is 19.2 Å². The fourth-order valence-electron chi connectivity index (χ4n) is 4.81. The number of nitrogens with one attached hydrogen (secondary N) is 1. The maximum absolute atomic E-state index is 12.4. The average molecular weight is 442 g/mol. The van der Waals surface area contributed by atoms with Crippen LogP contribution in [0.15, 0.2) is 36.4 Å². The summed E-state index contributed by atoms with van der Waals surface area (Å²) < 4.78 is 10.4. The number of thiophene rings is 1. The van der Waals surface area contributed by atoms with Crippen molar-refractivity contribution in [2.45, 2.75) is 39.0 Å². The van der Waals surface area contributed by atoms with Gasteiger partial charge in [0.2, 0.25) is 0 Å². The third-order valence-electron chi connectivity index (χ3n) is 6.20. The van der Waals surface area contributed by atoms with Crippen molar-refractivity contribution < 1.29 is 23.9 Å². The number of ether oxygens (including phenoxy) is 2. The Morgan fingerprint density at radius 3 is 2.58 bits per heavy atom. The smallest absolute Gasteiger partial charge is 0.350 e. The topological polar surface area (TPSA) is 81.7 Å². The predicted octanol–water partition coefficient (Wildman–Crippen LogP) is 4.90. The number of benzene rings is 1. The Labute approximate surface area is 185 Å². The quantitative estimate of drug-likeness (QED) is 0.589. The highest BCUT2D eigenvalue weighted by Crippen LogP contribution is 2.49. The standard InChI is InChI=1S/C24H27NO5S/c1-2-29-24(28)23-19(13-20(31-23)16-6-4-3-5-7-16)25-21(26)14-30-22(27)12-18-11-15-8-9-17(18)10-15/h3-7,13,15,17-18H,2,8-12,14H2,1H3,(H,25,26)/t15-,17+,18+/m0/s1. The van der Waals surface area contributed by atoms with E-state index in [4.69, 9.17) is 9.47 Å². The van der Waals surface area contributed by atoms with Crippen LogP contribution in [0, 0.1) is 17.8 Å². The van der Waals surface area contributed by atoms with Crippen LogP contribution >= 0.6 is 11.3 Å².